The molecule has 0 heterocycles. The van der Waals surface area contributed by atoms with Crippen molar-refractivity contribution in [2.75, 3.05) is 19.8 Å². The zero-order valence-corrected chi connectivity index (χ0v) is 11.6. The molecule has 4 nitrogen and oxygen atoms in total. The van der Waals surface area contributed by atoms with Crippen LogP contribution in [0.25, 0.3) is 0 Å². The molecule has 0 saturated carbocycles. The second-order valence-electron chi connectivity index (χ2n) is 3.84. The third-order valence-corrected chi connectivity index (χ3v) is 2.72. The van der Waals surface area contributed by atoms with Crippen LogP contribution in [0.3, 0.4) is 0 Å². The third kappa shape index (κ3) is 6.49. The summed E-state index contributed by atoms with van der Waals surface area (Å²) in [7, 11) is 0. The van der Waals surface area contributed by atoms with Crippen molar-refractivity contribution in [3.63, 3.8) is 0 Å². The van der Waals surface area contributed by atoms with Crippen molar-refractivity contribution in [1.29, 1.82) is 0 Å². The highest BCUT2D eigenvalue weighted by Gasteiger charge is 2.27. The van der Waals surface area contributed by atoms with Crippen molar-refractivity contribution in [2.45, 2.75) is 12.3 Å². The van der Waals surface area contributed by atoms with Crippen LogP contribution >= 0.6 is 15.9 Å². The van der Waals surface area contributed by atoms with Gasteiger partial charge in [0.2, 0.25) is 5.91 Å². The average Bonchev–Trinajstić information content (AvgIpc) is 2.39. The van der Waals surface area contributed by atoms with Gasteiger partial charge in [0.15, 0.2) is 0 Å². The van der Waals surface area contributed by atoms with E-state index >= 15 is 0 Å². The van der Waals surface area contributed by atoms with Gasteiger partial charge in [0, 0.05) is 4.47 Å². The zero-order chi connectivity index (χ0) is 14.3. The van der Waals surface area contributed by atoms with E-state index in [2.05, 4.69) is 15.9 Å². The van der Waals surface area contributed by atoms with E-state index in [1.54, 1.807) is 24.3 Å². The molecule has 0 fully saturated rings. The van der Waals surface area contributed by atoms with Crippen molar-refractivity contribution in [3.05, 3.63) is 28.7 Å². The molecule has 0 radical (unpaired) electrons. The number of benzene rings is 1. The molecule has 0 aliphatic carbocycles. The van der Waals surface area contributed by atoms with Gasteiger partial charge in [0.25, 0.3) is 5.92 Å². The molecule has 2 N–H and O–H groups in total. The molecule has 1 amide bonds. The SMILES string of the molecule is O=C(CCOc1ccc(Br)cc1)NCC(F)(F)CO. The molecular formula is C12H14BrF2NO3. The van der Waals surface area contributed by atoms with Crippen molar-refractivity contribution in [1.82, 2.24) is 5.32 Å². The zero-order valence-electron chi connectivity index (χ0n) is 10.0. The van der Waals surface area contributed by atoms with Crippen LogP contribution in [-0.4, -0.2) is 36.7 Å². The predicted octanol–water partition coefficient (Wildman–Crippen LogP) is 1.96. The van der Waals surface area contributed by atoms with E-state index in [1.807, 2.05) is 5.32 Å². The summed E-state index contributed by atoms with van der Waals surface area (Å²) >= 11 is 3.27. The number of amides is 1. The van der Waals surface area contributed by atoms with Gasteiger partial charge in [-0.15, -0.1) is 0 Å². The molecule has 106 valence electrons. The minimum Gasteiger partial charge on any atom is -0.493 e. The molecule has 0 spiro atoms. The van der Waals surface area contributed by atoms with Crippen molar-refractivity contribution >= 4 is 21.8 Å². The first kappa shape index (κ1) is 15.8. The summed E-state index contributed by atoms with van der Waals surface area (Å²) in [6.07, 6.45) is -0.0302. The summed E-state index contributed by atoms with van der Waals surface area (Å²) in [6, 6.07) is 7.03. The third-order valence-electron chi connectivity index (χ3n) is 2.19. The molecule has 0 aliphatic heterocycles. The largest absolute Gasteiger partial charge is 0.493 e. The number of aliphatic hydroxyl groups is 1. The molecule has 0 unspecified atom stereocenters. The fourth-order valence-corrected chi connectivity index (χ4v) is 1.43. The van der Waals surface area contributed by atoms with E-state index in [-0.39, 0.29) is 13.0 Å². The number of alkyl halides is 2. The lowest BCUT2D eigenvalue weighted by molar-refractivity contribution is -0.124. The van der Waals surface area contributed by atoms with Gasteiger partial charge in [-0.05, 0) is 24.3 Å². The fraction of sp³-hybridized carbons (Fsp3) is 0.417. The Morgan fingerprint density at radius 2 is 2.00 bits per heavy atom. The van der Waals surface area contributed by atoms with Gasteiger partial charge in [0.05, 0.1) is 19.6 Å². The average molecular weight is 338 g/mol. The van der Waals surface area contributed by atoms with Gasteiger partial charge in [-0.1, -0.05) is 15.9 Å². The Morgan fingerprint density at radius 3 is 2.58 bits per heavy atom. The Bertz CT molecular complexity index is 412. The van der Waals surface area contributed by atoms with Crippen LogP contribution < -0.4 is 10.1 Å². The Hall–Kier alpha value is -1.21. The summed E-state index contributed by atoms with van der Waals surface area (Å²) in [6.45, 7) is -2.07. The highest BCUT2D eigenvalue weighted by atomic mass is 79.9. The van der Waals surface area contributed by atoms with Crippen LogP contribution in [0.15, 0.2) is 28.7 Å². The van der Waals surface area contributed by atoms with Crippen molar-refractivity contribution in [2.24, 2.45) is 0 Å². The first-order valence-corrected chi connectivity index (χ1v) is 6.36. The molecule has 7 heteroatoms. The van der Waals surface area contributed by atoms with Gasteiger partial charge in [0.1, 0.15) is 12.4 Å². The lowest BCUT2D eigenvalue weighted by Gasteiger charge is -2.14. The second kappa shape index (κ2) is 7.40. The standard InChI is InChI=1S/C12H14BrF2NO3/c13-9-1-3-10(4-2-9)19-6-5-11(18)16-7-12(14,15)8-17/h1-4,17H,5-8H2,(H,16,18). The van der Waals surface area contributed by atoms with E-state index in [9.17, 15) is 13.6 Å². The van der Waals surface area contributed by atoms with E-state index in [4.69, 9.17) is 9.84 Å². The van der Waals surface area contributed by atoms with E-state index in [1.165, 1.54) is 0 Å². The van der Waals surface area contributed by atoms with Gasteiger partial charge in [-0.2, -0.15) is 0 Å². The number of hydrogen-bond donors (Lipinski definition) is 2. The maximum absolute atomic E-state index is 12.6. The topological polar surface area (TPSA) is 58.6 Å². The normalized spacial score (nSPS) is 11.2. The van der Waals surface area contributed by atoms with Crippen LogP contribution in [-0.2, 0) is 4.79 Å². The maximum atomic E-state index is 12.6. The maximum Gasteiger partial charge on any atom is 0.287 e. The molecule has 0 aliphatic rings. The van der Waals surface area contributed by atoms with Crippen LogP contribution in [0, 0.1) is 0 Å². The van der Waals surface area contributed by atoms with E-state index in [0.717, 1.165) is 4.47 Å². The lowest BCUT2D eigenvalue weighted by Crippen LogP contribution is -2.39. The number of carbonyl (C=O) groups is 1. The molecule has 0 atom stereocenters. The van der Waals surface area contributed by atoms with Crippen LogP contribution in [0.2, 0.25) is 0 Å². The van der Waals surface area contributed by atoms with Crippen LogP contribution in [0.4, 0.5) is 8.78 Å². The molecule has 0 aromatic heterocycles. The molecular weight excluding hydrogens is 324 g/mol. The van der Waals surface area contributed by atoms with Gasteiger partial charge < -0.3 is 15.2 Å². The quantitative estimate of drug-likeness (QED) is 0.799. The van der Waals surface area contributed by atoms with Gasteiger partial charge >= 0.3 is 0 Å². The Morgan fingerprint density at radius 1 is 1.37 bits per heavy atom. The summed E-state index contributed by atoms with van der Waals surface area (Å²) in [5.74, 6) is -3.25. The predicted molar refractivity (Wildman–Crippen MR) is 69.3 cm³/mol. The van der Waals surface area contributed by atoms with E-state index in [0.29, 0.717) is 5.75 Å². The number of nitrogens with one attached hydrogen (secondary N) is 1. The van der Waals surface area contributed by atoms with Crippen molar-refractivity contribution in [3.8, 4) is 5.75 Å². The molecule has 1 aromatic carbocycles. The molecule has 1 aromatic rings. The number of ether oxygens (including phenoxy) is 1. The smallest absolute Gasteiger partial charge is 0.287 e. The number of hydrogen-bond acceptors (Lipinski definition) is 3. The monoisotopic (exact) mass is 337 g/mol. The fourth-order valence-electron chi connectivity index (χ4n) is 1.16. The first-order chi connectivity index (χ1) is 8.93. The number of halogens is 3. The van der Waals surface area contributed by atoms with Gasteiger partial charge in [-0.3, -0.25) is 4.79 Å². The number of carbonyl (C=O) groups excluding carboxylic acids is 1. The Labute approximate surface area is 117 Å². The summed E-state index contributed by atoms with van der Waals surface area (Å²) in [5.41, 5.74) is 0. The summed E-state index contributed by atoms with van der Waals surface area (Å²) < 4.78 is 31.5. The number of aliphatic hydroxyl groups excluding tert-OH is 1. The molecule has 0 bridgehead atoms. The van der Waals surface area contributed by atoms with Crippen LogP contribution in [0.5, 0.6) is 5.75 Å². The minimum absolute atomic E-state index is 0.0302. The molecule has 0 saturated heterocycles. The minimum atomic E-state index is -3.29. The highest BCUT2D eigenvalue weighted by Crippen LogP contribution is 2.16. The molecule has 1 rings (SSSR count). The first-order valence-electron chi connectivity index (χ1n) is 5.57. The van der Waals surface area contributed by atoms with Gasteiger partial charge in [-0.25, -0.2) is 8.78 Å². The van der Waals surface area contributed by atoms with E-state index < -0.39 is 25.0 Å². The van der Waals surface area contributed by atoms with Crippen LogP contribution in [0.1, 0.15) is 6.42 Å². The summed E-state index contributed by atoms with van der Waals surface area (Å²) in [5, 5.41) is 10.4. The second-order valence-corrected chi connectivity index (χ2v) is 4.76. The molecule has 19 heavy (non-hydrogen) atoms. The highest BCUT2D eigenvalue weighted by molar-refractivity contribution is 9.10. The Balaban J connectivity index is 2.22. The van der Waals surface area contributed by atoms with Crippen molar-refractivity contribution < 1.29 is 23.4 Å². The summed E-state index contributed by atoms with van der Waals surface area (Å²) in [4.78, 5) is 11.2. The lowest BCUT2D eigenvalue weighted by atomic mass is 10.3. The Kier molecular flexibility index (Phi) is 6.17. The number of rotatable bonds is 7.